The van der Waals surface area contributed by atoms with E-state index in [1.165, 1.54) is 11.1 Å². The molecule has 0 unspecified atom stereocenters. The van der Waals surface area contributed by atoms with Crippen LogP contribution in [0.4, 0.5) is 0 Å². The number of ether oxygens (including phenoxy) is 1. The molecule has 1 atom stereocenters. The zero-order valence-corrected chi connectivity index (χ0v) is 14.4. The first-order chi connectivity index (χ1) is 9.26. The second-order valence-corrected chi connectivity index (χ2v) is 5.06. The molecule has 1 aromatic rings. The molecule has 0 aromatic heterocycles. The van der Waals surface area contributed by atoms with E-state index in [9.17, 15) is 0 Å². The van der Waals surface area contributed by atoms with E-state index >= 15 is 0 Å². The van der Waals surface area contributed by atoms with Gasteiger partial charge in [0, 0.05) is 32.2 Å². The highest BCUT2D eigenvalue weighted by Crippen LogP contribution is 2.29. The summed E-state index contributed by atoms with van der Waals surface area (Å²) in [5, 5.41) is 3.41. The molecule has 5 heteroatoms. The number of hydrogen-bond acceptors (Lipinski definition) is 3. The molecule has 0 aliphatic carbocycles. The van der Waals surface area contributed by atoms with Crippen molar-refractivity contribution in [3.8, 4) is 5.75 Å². The Bertz CT molecular complexity index is 434. The largest absolute Gasteiger partial charge is 0.496 e. The van der Waals surface area contributed by atoms with Crippen LogP contribution in [0, 0.1) is 6.92 Å². The summed E-state index contributed by atoms with van der Waals surface area (Å²) in [5.74, 6) is 0.960. The molecule has 120 valence electrons. The molecule has 2 rings (SSSR count). The van der Waals surface area contributed by atoms with E-state index in [4.69, 9.17) is 4.74 Å². The maximum Gasteiger partial charge on any atom is 0.121 e. The molecule has 1 saturated heterocycles. The van der Waals surface area contributed by atoms with E-state index in [-0.39, 0.29) is 24.8 Å². The Morgan fingerprint density at radius 2 is 2.00 bits per heavy atom. The van der Waals surface area contributed by atoms with Crippen molar-refractivity contribution in [2.75, 3.05) is 33.3 Å². The van der Waals surface area contributed by atoms with Crippen molar-refractivity contribution < 1.29 is 4.74 Å². The normalized spacial score (nSPS) is 16.3. The van der Waals surface area contributed by atoms with Gasteiger partial charge in [0.1, 0.15) is 5.75 Å². The number of halogens is 2. The summed E-state index contributed by atoms with van der Waals surface area (Å²) in [6.07, 6.45) is 3.01. The lowest BCUT2D eigenvalue weighted by Gasteiger charge is -2.35. The molecule has 0 spiro atoms. The summed E-state index contributed by atoms with van der Waals surface area (Å²) in [6, 6.07) is 6.93. The Kier molecular flexibility index (Phi) is 9.71. The second kappa shape index (κ2) is 10.1. The molecule has 0 radical (unpaired) electrons. The van der Waals surface area contributed by atoms with Gasteiger partial charge in [-0.1, -0.05) is 18.2 Å². The maximum absolute atomic E-state index is 5.34. The fourth-order valence-electron chi connectivity index (χ4n) is 2.76. The lowest BCUT2D eigenvalue weighted by Crippen LogP contribution is -2.45. The molecule has 0 amide bonds. The third-order valence-electron chi connectivity index (χ3n) is 3.79. The first-order valence-corrected chi connectivity index (χ1v) is 6.96. The molecular weight excluding hydrogens is 307 g/mol. The van der Waals surface area contributed by atoms with Crippen LogP contribution in [0.1, 0.15) is 23.6 Å². The van der Waals surface area contributed by atoms with Gasteiger partial charge in [-0.15, -0.1) is 31.4 Å². The number of methoxy groups -OCH3 is 1. The standard InChI is InChI=1S/C16H24N2O.2ClH/c1-4-5-15(18-10-8-17-9-11-18)14-6-7-16(19-3)13(2)12-14;;/h4,6-7,12,15,17H,1,5,8-11H2,2-3H3;2*1H/t15-;;/m1../s1. The average molecular weight is 333 g/mol. The predicted molar refractivity (Wildman–Crippen MR) is 94.2 cm³/mol. The van der Waals surface area contributed by atoms with Gasteiger partial charge in [-0.2, -0.15) is 0 Å². The summed E-state index contributed by atoms with van der Waals surface area (Å²) in [5.41, 5.74) is 2.56. The number of rotatable bonds is 5. The van der Waals surface area contributed by atoms with Crippen molar-refractivity contribution in [2.45, 2.75) is 19.4 Å². The van der Waals surface area contributed by atoms with E-state index in [1.807, 2.05) is 6.08 Å². The van der Waals surface area contributed by atoms with Crippen LogP contribution in [0.2, 0.25) is 0 Å². The third kappa shape index (κ3) is 5.19. The molecule has 1 aliphatic heterocycles. The zero-order chi connectivity index (χ0) is 13.7. The van der Waals surface area contributed by atoms with Gasteiger partial charge in [-0.3, -0.25) is 4.90 Å². The van der Waals surface area contributed by atoms with Crippen LogP contribution in [0.3, 0.4) is 0 Å². The van der Waals surface area contributed by atoms with Gasteiger partial charge in [0.25, 0.3) is 0 Å². The highest BCUT2D eigenvalue weighted by Gasteiger charge is 2.21. The highest BCUT2D eigenvalue weighted by molar-refractivity contribution is 5.85. The number of aryl methyl sites for hydroxylation is 1. The minimum absolute atomic E-state index is 0. The monoisotopic (exact) mass is 332 g/mol. The van der Waals surface area contributed by atoms with Crippen molar-refractivity contribution in [1.29, 1.82) is 0 Å². The lowest BCUT2D eigenvalue weighted by molar-refractivity contribution is 0.174. The summed E-state index contributed by atoms with van der Waals surface area (Å²) in [6.45, 7) is 10.4. The van der Waals surface area contributed by atoms with E-state index in [0.717, 1.165) is 38.3 Å². The van der Waals surface area contributed by atoms with E-state index in [1.54, 1.807) is 7.11 Å². The van der Waals surface area contributed by atoms with Gasteiger partial charge >= 0.3 is 0 Å². The summed E-state index contributed by atoms with van der Waals surface area (Å²) in [4.78, 5) is 2.54. The zero-order valence-electron chi connectivity index (χ0n) is 12.8. The van der Waals surface area contributed by atoms with Gasteiger partial charge in [0.15, 0.2) is 0 Å². The molecule has 0 saturated carbocycles. The second-order valence-electron chi connectivity index (χ2n) is 5.06. The Balaban J connectivity index is 0.00000200. The molecule has 3 nitrogen and oxygen atoms in total. The van der Waals surface area contributed by atoms with Crippen LogP contribution in [-0.4, -0.2) is 38.2 Å². The Morgan fingerprint density at radius 3 is 2.52 bits per heavy atom. The number of hydrogen-bond donors (Lipinski definition) is 1. The molecule has 1 N–H and O–H groups in total. The maximum atomic E-state index is 5.34. The van der Waals surface area contributed by atoms with Gasteiger partial charge in [0.05, 0.1) is 7.11 Å². The Morgan fingerprint density at radius 1 is 1.33 bits per heavy atom. The minimum atomic E-state index is 0. The summed E-state index contributed by atoms with van der Waals surface area (Å²) < 4.78 is 5.34. The molecule has 1 aromatic carbocycles. The van der Waals surface area contributed by atoms with Crippen LogP contribution < -0.4 is 10.1 Å². The third-order valence-corrected chi connectivity index (χ3v) is 3.79. The number of nitrogens with one attached hydrogen (secondary N) is 1. The van der Waals surface area contributed by atoms with Crippen molar-refractivity contribution in [3.63, 3.8) is 0 Å². The molecule has 1 heterocycles. The number of benzene rings is 1. The molecular formula is C16H26Cl2N2O. The van der Waals surface area contributed by atoms with Gasteiger partial charge in [-0.25, -0.2) is 0 Å². The molecule has 0 bridgehead atoms. The van der Waals surface area contributed by atoms with Gasteiger partial charge in [-0.05, 0) is 30.5 Å². The molecule has 1 fully saturated rings. The SMILES string of the molecule is C=CC[C@H](c1ccc(OC)c(C)c1)N1CCNCC1.Cl.Cl. The van der Waals surface area contributed by atoms with E-state index in [2.05, 4.69) is 41.9 Å². The number of nitrogens with zero attached hydrogens (tertiary/aromatic N) is 1. The van der Waals surface area contributed by atoms with Crippen LogP contribution in [0.15, 0.2) is 30.9 Å². The predicted octanol–water partition coefficient (Wildman–Crippen LogP) is 3.37. The quantitative estimate of drug-likeness (QED) is 0.836. The molecule has 21 heavy (non-hydrogen) atoms. The fraction of sp³-hybridized carbons (Fsp3) is 0.500. The van der Waals surface area contributed by atoms with Crippen LogP contribution in [0.25, 0.3) is 0 Å². The van der Waals surface area contributed by atoms with Crippen molar-refractivity contribution in [2.24, 2.45) is 0 Å². The van der Waals surface area contributed by atoms with E-state index < -0.39 is 0 Å². The van der Waals surface area contributed by atoms with Crippen molar-refractivity contribution in [1.82, 2.24) is 10.2 Å². The van der Waals surface area contributed by atoms with Gasteiger partial charge < -0.3 is 10.1 Å². The lowest BCUT2D eigenvalue weighted by atomic mass is 9.99. The van der Waals surface area contributed by atoms with Crippen LogP contribution >= 0.6 is 24.8 Å². The van der Waals surface area contributed by atoms with Crippen LogP contribution in [-0.2, 0) is 0 Å². The van der Waals surface area contributed by atoms with Gasteiger partial charge in [0.2, 0.25) is 0 Å². The topological polar surface area (TPSA) is 24.5 Å². The first-order valence-electron chi connectivity index (χ1n) is 6.96. The van der Waals surface area contributed by atoms with Crippen LogP contribution in [0.5, 0.6) is 5.75 Å². The smallest absolute Gasteiger partial charge is 0.121 e. The van der Waals surface area contributed by atoms with Crippen molar-refractivity contribution >= 4 is 24.8 Å². The van der Waals surface area contributed by atoms with Crippen molar-refractivity contribution in [3.05, 3.63) is 42.0 Å². The first kappa shape index (κ1) is 20.3. The Labute approximate surface area is 140 Å². The fourth-order valence-corrected chi connectivity index (χ4v) is 2.76. The summed E-state index contributed by atoms with van der Waals surface area (Å²) >= 11 is 0. The number of piperazine rings is 1. The average Bonchev–Trinajstić information content (AvgIpc) is 2.45. The highest BCUT2D eigenvalue weighted by atomic mass is 35.5. The Hall–Kier alpha value is -0.740. The molecule has 1 aliphatic rings. The van der Waals surface area contributed by atoms with E-state index in [0.29, 0.717) is 6.04 Å². The minimum Gasteiger partial charge on any atom is -0.496 e. The summed E-state index contributed by atoms with van der Waals surface area (Å²) in [7, 11) is 1.72.